The van der Waals surface area contributed by atoms with Gasteiger partial charge in [-0.05, 0) is 31.2 Å². The third kappa shape index (κ3) is 3.92. The number of hydrogen-bond acceptors (Lipinski definition) is 6. The molecular formula is C17H18N6O2. The van der Waals surface area contributed by atoms with Crippen LogP contribution in [0.15, 0.2) is 42.6 Å². The molecule has 0 fully saturated rings. The van der Waals surface area contributed by atoms with Gasteiger partial charge >= 0.3 is 6.03 Å². The lowest BCUT2D eigenvalue weighted by atomic mass is 10.3. The van der Waals surface area contributed by atoms with Crippen LogP contribution in [0.5, 0.6) is 5.75 Å². The summed E-state index contributed by atoms with van der Waals surface area (Å²) in [7, 11) is 1.60. The first-order chi connectivity index (χ1) is 12.2. The van der Waals surface area contributed by atoms with E-state index in [0.717, 1.165) is 5.69 Å². The van der Waals surface area contributed by atoms with Crippen molar-refractivity contribution >= 4 is 34.5 Å². The van der Waals surface area contributed by atoms with Crippen LogP contribution in [0, 0.1) is 0 Å². The molecule has 8 nitrogen and oxygen atoms in total. The maximum absolute atomic E-state index is 11.6. The van der Waals surface area contributed by atoms with Crippen molar-refractivity contribution in [2.45, 2.75) is 6.92 Å². The van der Waals surface area contributed by atoms with Crippen LogP contribution in [-0.4, -0.2) is 34.6 Å². The van der Waals surface area contributed by atoms with Gasteiger partial charge in [-0.3, -0.25) is 5.32 Å². The minimum absolute atomic E-state index is 0.314. The summed E-state index contributed by atoms with van der Waals surface area (Å²) in [6.45, 7) is 2.38. The standard InChI is InChI=1S/C17H18N6O2/c1-3-18-17(24)23-14-9-8-12-16(21-14)22-15(10-19-12)20-11-6-4-5-7-13(11)25-2/h4-10H,3H2,1-2H3,(H3,18,20,21,22,23,24). The molecule has 128 valence electrons. The minimum Gasteiger partial charge on any atom is -0.495 e. The van der Waals surface area contributed by atoms with Gasteiger partial charge in [-0.1, -0.05) is 12.1 Å². The number of nitrogens with one attached hydrogen (secondary N) is 3. The van der Waals surface area contributed by atoms with E-state index in [1.165, 1.54) is 0 Å². The van der Waals surface area contributed by atoms with E-state index in [1.54, 1.807) is 25.4 Å². The van der Waals surface area contributed by atoms with Crippen molar-refractivity contribution in [3.63, 3.8) is 0 Å². The van der Waals surface area contributed by atoms with Crippen molar-refractivity contribution in [1.82, 2.24) is 20.3 Å². The Bertz CT molecular complexity index is 899. The second kappa shape index (κ2) is 7.43. The van der Waals surface area contributed by atoms with Crippen LogP contribution < -0.4 is 20.7 Å². The molecule has 0 radical (unpaired) electrons. The molecule has 3 rings (SSSR count). The number of urea groups is 1. The van der Waals surface area contributed by atoms with Crippen molar-refractivity contribution in [2.24, 2.45) is 0 Å². The van der Waals surface area contributed by atoms with Crippen molar-refractivity contribution in [3.8, 4) is 5.75 Å². The van der Waals surface area contributed by atoms with Crippen molar-refractivity contribution in [1.29, 1.82) is 0 Å². The molecule has 2 heterocycles. The summed E-state index contributed by atoms with van der Waals surface area (Å²) in [4.78, 5) is 24.7. The Hall–Kier alpha value is -3.42. The van der Waals surface area contributed by atoms with Crippen LogP contribution in [0.4, 0.5) is 22.1 Å². The quantitative estimate of drug-likeness (QED) is 0.661. The van der Waals surface area contributed by atoms with Gasteiger partial charge in [-0.2, -0.15) is 0 Å². The molecule has 25 heavy (non-hydrogen) atoms. The molecule has 8 heteroatoms. The molecule has 3 N–H and O–H groups in total. The highest BCUT2D eigenvalue weighted by molar-refractivity contribution is 5.89. The molecule has 0 aliphatic heterocycles. The van der Waals surface area contributed by atoms with E-state index in [2.05, 4.69) is 30.9 Å². The smallest absolute Gasteiger partial charge is 0.320 e. The first kappa shape index (κ1) is 16.4. The van der Waals surface area contributed by atoms with Gasteiger partial charge in [0.1, 0.15) is 17.1 Å². The summed E-state index contributed by atoms with van der Waals surface area (Å²) in [6.07, 6.45) is 1.62. The molecule has 0 atom stereocenters. The van der Waals surface area contributed by atoms with Gasteiger partial charge in [0.25, 0.3) is 0 Å². The van der Waals surface area contributed by atoms with Gasteiger partial charge in [-0.15, -0.1) is 0 Å². The number of amides is 2. The van der Waals surface area contributed by atoms with E-state index >= 15 is 0 Å². The third-order valence-electron chi connectivity index (χ3n) is 3.36. The Kier molecular flexibility index (Phi) is 4.89. The summed E-state index contributed by atoms with van der Waals surface area (Å²) < 4.78 is 5.31. The zero-order valence-corrected chi connectivity index (χ0v) is 13.9. The highest BCUT2D eigenvalue weighted by atomic mass is 16.5. The Balaban J connectivity index is 1.86. The second-order valence-electron chi connectivity index (χ2n) is 5.10. The number of aromatic nitrogens is 3. The molecule has 3 aromatic rings. The van der Waals surface area contributed by atoms with Gasteiger partial charge in [0.05, 0.1) is 19.0 Å². The number of ether oxygens (including phenoxy) is 1. The van der Waals surface area contributed by atoms with E-state index in [1.807, 2.05) is 31.2 Å². The van der Waals surface area contributed by atoms with Crippen LogP contribution in [0.2, 0.25) is 0 Å². The maximum Gasteiger partial charge on any atom is 0.320 e. The molecule has 2 amide bonds. The molecule has 0 unspecified atom stereocenters. The van der Waals surface area contributed by atoms with E-state index in [9.17, 15) is 4.79 Å². The number of methoxy groups -OCH3 is 1. The first-order valence-corrected chi connectivity index (χ1v) is 7.78. The number of carbonyl (C=O) groups is 1. The fourth-order valence-electron chi connectivity index (χ4n) is 2.23. The number of anilines is 3. The topological polar surface area (TPSA) is 101 Å². The molecule has 2 aromatic heterocycles. The summed E-state index contributed by atoms with van der Waals surface area (Å²) in [5.41, 5.74) is 1.83. The van der Waals surface area contributed by atoms with Crippen LogP contribution in [0.25, 0.3) is 11.2 Å². The summed E-state index contributed by atoms with van der Waals surface area (Å²) in [5.74, 6) is 1.63. The van der Waals surface area contributed by atoms with Crippen LogP contribution in [0.3, 0.4) is 0 Å². The molecule has 0 aliphatic carbocycles. The fraction of sp³-hybridized carbons (Fsp3) is 0.176. The number of fused-ring (bicyclic) bond motifs is 1. The first-order valence-electron chi connectivity index (χ1n) is 7.78. The Morgan fingerprint density at radius 3 is 2.72 bits per heavy atom. The molecule has 0 saturated heterocycles. The van der Waals surface area contributed by atoms with Gasteiger partial charge in [0.2, 0.25) is 0 Å². The van der Waals surface area contributed by atoms with Crippen molar-refractivity contribution < 1.29 is 9.53 Å². The lowest BCUT2D eigenvalue weighted by Crippen LogP contribution is -2.28. The van der Waals surface area contributed by atoms with Crippen molar-refractivity contribution in [2.75, 3.05) is 24.3 Å². The third-order valence-corrected chi connectivity index (χ3v) is 3.36. The number of pyridine rings is 1. The molecule has 0 spiro atoms. The average molecular weight is 338 g/mol. The van der Waals surface area contributed by atoms with E-state index in [-0.39, 0.29) is 6.03 Å². The number of rotatable bonds is 5. The number of para-hydroxylation sites is 2. The lowest BCUT2D eigenvalue weighted by Gasteiger charge is -2.10. The highest BCUT2D eigenvalue weighted by Gasteiger charge is 2.07. The average Bonchev–Trinajstić information content (AvgIpc) is 2.62. The van der Waals surface area contributed by atoms with Gasteiger partial charge in [-0.25, -0.2) is 19.7 Å². The van der Waals surface area contributed by atoms with Gasteiger partial charge < -0.3 is 15.4 Å². The zero-order chi connectivity index (χ0) is 17.6. The van der Waals surface area contributed by atoms with Crippen molar-refractivity contribution in [3.05, 3.63) is 42.6 Å². The molecule has 0 aliphatic rings. The monoisotopic (exact) mass is 338 g/mol. The zero-order valence-electron chi connectivity index (χ0n) is 13.9. The number of hydrogen-bond donors (Lipinski definition) is 3. The Morgan fingerprint density at radius 2 is 1.92 bits per heavy atom. The summed E-state index contributed by atoms with van der Waals surface area (Å²) in [6, 6.07) is 10.6. The Morgan fingerprint density at radius 1 is 1.12 bits per heavy atom. The number of nitrogens with zero attached hydrogens (tertiary/aromatic N) is 3. The van der Waals surface area contributed by atoms with Crippen LogP contribution in [-0.2, 0) is 0 Å². The van der Waals surface area contributed by atoms with Crippen LogP contribution in [0.1, 0.15) is 6.92 Å². The fourth-order valence-corrected chi connectivity index (χ4v) is 2.23. The van der Waals surface area contributed by atoms with E-state index in [0.29, 0.717) is 35.1 Å². The van der Waals surface area contributed by atoms with Gasteiger partial charge in [0.15, 0.2) is 11.5 Å². The molecule has 1 aromatic carbocycles. The lowest BCUT2D eigenvalue weighted by molar-refractivity contribution is 0.252. The molecule has 0 bridgehead atoms. The van der Waals surface area contributed by atoms with E-state index < -0.39 is 0 Å². The summed E-state index contributed by atoms with van der Waals surface area (Å²) >= 11 is 0. The number of benzene rings is 1. The second-order valence-corrected chi connectivity index (χ2v) is 5.10. The SMILES string of the molecule is CCNC(=O)Nc1ccc2ncc(Nc3ccccc3OC)nc2n1. The van der Waals surface area contributed by atoms with Crippen LogP contribution >= 0.6 is 0 Å². The largest absolute Gasteiger partial charge is 0.495 e. The highest BCUT2D eigenvalue weighted by Crippen LogP contribution is 2.26. The summed E-state index contributed by atoms with van der Waals surface area (Å²) in [5, 5.41) is 8.46. The minimum atomic E-state index is -0.314. The predicted molar refractivity (Wildman–Crippen MR) is 96.3 cm³/mol. The maximum atomic E-state index is 11.6. The molecular weight excluding hydrogens is 320 g/mol. The van der Waals surface area contributed by atoms with Gasteiger partial charge in [0, 0.05) is 6.54 Å². The normalized spacial score (nSPS) is 10.3. The van der Waals surface area contributed by atoms with E-state index in [4.69, 9.17) is 4.74 Å². The molecule has 0 saturated carbocycles. The Labute approximate surface area is 144 Å². The predicted octanol–water partition coefficient (Wildman–Crippen LogP) is 2.92. The number of carbonyl (C=O) groups excluding carboxylic acids is 1.